The Hall–Kier alpha value is -3.38. The second-order valence-electron chi connectivity index (χ2n) is 6.96. The van der Waals surface area contributed by atoms with E-state index >= 15 is 0 Å². The maximum Gasteiger partial charge on any atom is 0.262 e. The number of ether oxygens (including phenoxy) is 2. The van der Waals surface area contributed by atoms with E-state index in [1.54, 1.807) is 26.0 Å². The molecule has 2 aromatic carbocycles. The topological polar surface area (TPSA) is 89.0 Å². The number of amides is 2. The van der Waals surface area contributed by atoms with Crippen molar-refractivity contribution in [2.75, 3.05) is 13.7 Å². The van der Waals surface area contributed by atoms with E-state index in [0.29, 0.717) is 21.5 Å². The van der Waals surface area contributed by atoms with Crippen LogP contribution in [0.1, 0.15) is 29.8 Å². The fraction of sp³-hybridized carbons (Fsp3) is 0.261. The molecule has 0 aliphatic rings. The zero-order valence-corrected chi connectivity index (χ0v) is 19.4. The highest BCUT2D eigenvalue weighted by Crippen LogP contribution is 2.36. The third kappa shape index (κ3) is 6.82. The van der Waals surface area contributed by atoms with Crippen molar-refractivity contribution in [2.24, 2.45) is 11.0 Å². The molecule has 2 N–H and O–H groups in total. The average molecular weight is 504 g/mol. The molecule has 7 nitrogen and oxygen atoms in total. The normalized spacial score (nSPS) is 11.7. The molecule has 0 aliphatic heterocycles. The van der Waals surface area contributed by atoms with E-state index in [-0.39, 0.29) is 18.1 Å². The minimum absolute atomic E-state index is 0.0820. The van der Waals surface area contributed by atoms with Crippen molar-refractivity contribution < 1.29 is 23.5 Å². The largest absolute Gasteiger partial charge is 0.493 e. The Labute approximate surface area is 194 Å². The van der Waals surface area contributed by atoms with E-state index in [1.807, 2.05) is 0 Å². The van der Waals surface area contributed by atoms with Gasteiger partial charge < -0.3 is 14.8 Å². The number of carbonyl (C=O) groups excluding carboxylic acids is 2. The van der Waals surface area contributed by atoms with Crippen molar-refractivity contribution in [3.05, 3.63) is 57.8 Å². The first-order valence-corrected chi connectivity index (χ1v) is 10.4. The maximum atomic E-state index is 13.1. The number of methoxy groups -OCH3 is 1. The minimum Gasteiger partial charge on any atom is -0.493 e. The molecule has 32 heavy (non-hydrogen) atoms. The Kier molecular flexibility index (Phi) is 9.22. The SMILES string of the molecule is C#CCOc1c(Br)cc(/C=N/NC(=O)C(NC(=O)c2ccc(F)cc2)C(C)C)cc1OC. The van der Waals surface area contributed by atoms with Gasteiger partial charge in [0.25, 0.3) is 11.8 Å². The first-order chi connectivity index (χ1) is 15.3. The second kappa shape index (κ2) is 11.9. The smallest absolute Gasteiger partial charge is 0.262 e. The molecule has 0 radical (unpaired) electrons. The van der Waals surface area contributed by atoms with Gasteiger partial charge in [-0.25, -0.2) is 9.82 Å². The Morgan fingerprint density at radius 2 is 1.97 bits per heavy atom. The Bertz CT molecular complexity index is 1030. The van der Waals surface area contributed by atoms with Gasteiger partial charge >= 0.3 is 0 Å². The summed E-state index contributed by atoms with van der Waals surface area (Å²) in [4.78, 5) is 25.0. The van der Waals surface area contributed by atoms with Crippen molar-refractivity contribution in [2.45, 2.75) is 19.9 Å². The molecule has 0 aromatic heterocycles. The summed E-state index contributed by atoms with van der Waals surface area (Å²) in [5, 5.41) is 6.62. The zero-order chi connectivity index (χ0) is 23.7. The van der Waals surface area contributed by atoms with E-state index in [4.69, 9.17) is 15.9 Å². The van der Waals surface area contributed by atoms with E-state index in [2.05, 4.69) is 37.7 Å². The highest BCUT2D eigenvalue weighted by atomic mass is 79.9. The van der Waals surface area contributed by atoms with E-state index < -0.39 is 23.7 Å². The molecule has 9 heteroatoms. The van der Waals surface area contributed by atoms with Crippen molar-refractivity contribution >= 4 is 34.0 Å². The van der Waals surface area contributed by atoms with Gasteiger partial charge in [0.15, 0.2) is 11.5 Å². The zero-order valence-electron chi connectivity index (χ0n) is 17.8. The Morgan fingerprint density at radius 3 is 2.56 bits per heavy atom. The summed E-state index contributed by atoms with van der Waals surface area (Å²) < 4.78 is 24.4. The molecule has 1 unspecified atom stereocenters. The van der Waals surface area contributed by atoms with Gasteiger partial charge in [-0.3, -0.25) is 9.59 Å². The molecule has 0 spiro atoms. The summed E-state index contributed by atoms with van der Waals surface area (Å²) >= 11 is 3.39. The van der Waals surface area contributed by atoms with Gasteiger partial charge in [-0.1, -0.05) is 19.8 Å². The summed E-state index contributed by atoms with van der Waals surface area (Å²) in [7, 11) is 1.49. The van der Waals surface area contributed by atoms with Crippen LogP contribution in [0.5, 0.6) is 11.5 Å². The van der Waals surface area contributed by atoms with Crippen LogP contribution in [-0.2, 0) is 4.79 Å². The highest BCUT2D eigenvalue weighted by molar-refractivity contribution is 9.10. The van der Waals surface area contributed by atoms with Crippen LogP contribution in [0, 0.1) is 24.1 Å². The first kappa shape index (κ1) is 24.9. The van der Waals surface area contributed by atoms with Gasteiger partial charge in [0.05, 0.1) is 17.8 Å². The molecule has 2 amide bonds. The van der Waals surface area contributed by atoms with Gasteiger partial charge in [-0.15, -0.1) is 6.42 Å². The molecule has 2 rings (SSSR count). The standard InChI is InChI=1S/C23H23BrFN3O4/c1-5-10-32-21-18(24)11-15(12-19(21)31-4)13-26-28-23(30)20(14(2)3)27-22(29)16-6-8-17(25)9-7-16/h1,6-9,11-14,20H,10H2,2-4H3,(H,27,29)(H,28,30)/b26-13+. The van der Waals surface area contributed by atoms with Crippen molar-refractivity contribution in [3.8, 4) is 23.8 Å². The number of hydrogen-bond donors (Lipinski definition) is 2. The molecule has 0 bridgehead atoms. The number of nitrogens with one attached hydrogen (secondary N) is 2. The highest BCUT2D eigenvalue weighted by Gasteiger charge is 2.24. The predicted octanol–water partition coefficient (Wildman–Crippen LogP) is 3.51. The lowest BCUT2D eigenvalue weighted by Gasteiger charge is -2.20. The molecular formula is C23H23BrFN3O4. The molecule has 0 fully saturated rings. The first-order valence-electron chi connectivity index (χ1n) is 9.60. The summed E-state index contributed by atoms with van der Waals surface area (Å²) in [5.41, 5.74) is 3.30. The van der Waals surface area contributed by atoms with Gasteiger partial charge in [-0.2, -0.15) is 5.10 Å². The quantitative estimate of drug-likeness (QED) is 0.311. The van der Waals surface area contributed by atoms with Crippen LogP contribution in [0.25, 0.3) is 0 Å². The van der Waals surface area contributed by atoms with Crippen LogP contribution in [0.4, 0.5) is 4.39 Å². The van der Waals surface area contributed by atoms with Gasteiger partial charge in [0.2, 0.25) is 0 Å². The fourth-order valence-corrected chi connectivity index (χ4v) is 3.24. The number of carbonyl (C=O) groups is 2. The molecule has 0 saturated heterocycles. The molecule has 0 heterocycles. The molecule has 0 aliphatic carbocycles. The maximum absolute atomic E-state index is 13.1. The van der Waals surface area contributed by atoms with E-state index in [0.717, 1.165) is 0 Å². The molecular weight excluding hydrogens is 481 g/mol. The minimum atomic E-state index is -0.842. The van der Waals surface area contributed by atoms with Crippen LogP contribution in [0.2, 0.25) is 0 Å². The summed E-state index contributed by atoms with van der Waals surface area (Å²) in [6.45, 7) is 3.66. The molecule has 1 atom stereocenters. The fourth-order valence-electron chi connectivity index (χ4n) is 2.67. The van der Waals surface area contributed by atoms with Gasteiger partial charge in [0, 0.05) is 5.56 Å². The molecule has 2 aromatic rings. The lowest BCUT2D eigenvalue weighted by molar-refractivity contribution is -0.123. The van der Waals surface area contributed by atoms with Gasteiger partial charge in [0.1, 0.15) is 18.5 Å². The number of rotatable bonds is 9. The number of hydrogen-bond acceptors (Lipinski definition) is 5. The number of terminal acetylenes is 1. The van der Waals surface area contributed by atoms with Crippen LogP contribution < -0.4 is 20.2 Å². The second-order valence-corrected chi connectivity index (χ2v) is 7.82. The number of halogens is 2. The third-order valence-electron chi connectivity index (χ3n) is 4.28. The number of hydrazone groups is 1. The monoisotopic (exact) mass is 503 g/mol. The lowest BCUT2D eigenvalue weighted by Crippen LogP contribution is -2.48. The van der Waals surface area contributed by atoms with E-state index in [1.165, 1.54) is 37.6 Å². The Balaban J connectivity index is 2.08. The number of benzene rings is 2. The van der Waals surface area contributed by atoms with Crippen molar-refractivity contribution in [1.29, 1.82) is 0 Å². The number of nitrogens with zero attached hydrogens (tertiary/aromatic N) is 1. The van der Waals surface area contributed by atoms with Crippen LogP contribution in [0.15, 0.2) is 46.0 Å². The van der Waals surface area contributed by atoms with Crippen molar-refractivity contribution in [1.82, 2.24) is 10.7 Å². The summed E-state index contributed by atoms with van der Waals surface area (Å²) in [6, 6.07) is 7.60. The molecule has 168 valence electrons. The summed E-state index contributed by atoms with van der Waals surface area (Å²) in [6.07, 6.45) is 6.65. The predicted molar refractivity (Wildman–Crippen MR) is 123 cm³/mol. The van der Waals surface area contributed by atoms with Crippen molar-refractivity contribution in [3.63, 3.8) is 0 Å². The molecule has 0 saturated carbocycles. The van der Waals surface area contributed by atoms with Crippen LogP contribution in [0.3, 0.4) is 0 Å². The van der Waals surface area contributed by atoms with Gasteiger partial charge in [-0.05, 0) is 63.8 Å². The van der Waals surface area contributed by atoms with Crippen LogP contribution in [-0.4, -0.2) is 37.8 Å². The Morgan fingerprint density at radius 1 is 1.28 bits per heavy atom. The average Bonchev–Trinajstić information content (AvgIpc) is 2.76. The summed E-state index contributed by atoms with van der Waals surface area (Å²) in [5.74, 6) is 1.63. The van der Waals surface area contributed by atoms with Crippen LogP contribution >= 0.6 is 15.9 Å². The lowest BCUT2D eigenvalue weighted by atomic mass is 10.0. The third-order valence-corrected chi connectivity index (χ3v) is 4.87. The van der Waals surface area contributed by atoms with E-state index in [9.17, 15) is 14.0 Å².